The highest BCUT2D eigenvalue weighted by Crippen LogP contribution is 2.24. The first-order chi connectivity index (χ1) is 7.73. The van der Waals surface area contributed by atoms with Crippen molar-refractivity contribution >= 4 is 0 Å². The Hall–Kier alpha value is -0.0800. The Bertz CT molecular complexity index is 144. The molecule has 0 aromatic rings. The summed E-state index contributed by atoms with van der Waals surface area (Å²) >= 11 is 0. The molecule has 0 fully saturated rings. The van der Waals surface area contributed by atoms with E-state index in [1.807, 2.05) is 0 Å². The molecule has 0 saturated heterocycles. The van der Waals surface area contributed by atoms with Crippen molar-refractivity contribution in [2.24, 2.45) is 17.7 Å². The Balaban J connectivity index is 4.19. The van der Waals surface area contributed by atoms with Crippen LogP contribution in [0.1, 0.15) is 72.6 Å². The van der Waals surface area contributed by atoms with Crippen LogP contribution in [0, 0.1) is 11.8 Å². The number of hydrazine groups is 1. The van der Waals surface area contributed by atoms with Crippen molar-refractivity contribution in [3.63, 3.8) is 0 Å². The van der Waals surface area contributed by atoms with Gasteiger partial charge in [-0.1, -0.05) is 59.8 Å². The minimum atomic E-state index is 0.515. The molecule has 0 heterocycles. The van der Waals surface area contributed by atoms with Gasteiger partial charge in [0.05, 0.1) is 0 Å². The van der Waals surface area contributed by atoms with Crippen LogP contribution in [-0.4, -0.2) is 6.04 Å². The number of unbranched alkanes of at least 4 members (excludes halogenated alkanes) is 1. The first kappa shape index (κ1) is 15.9. The maximum atomic E-state index is 5.73. The quantitative estimate of drug-likeness (QED) is 0.440. The van der Waals surface area contributed by atoms with Crippen LogP contribution in [0.5, 0.6) is 0 Å². The summed E-state index contributed by atoms with van der Waals surface area (Å²) in [6.07, 6.45) is 8.99. The van der Waals surface area contributed by atoms with Crippen LogP contribution in [-0.2, 0) is 0 Å². The lowest BCUT2D eigenvalue weighted by atomic mass is 9.84. The number of nitrogens with two attached hydrogens (primary N) is 1. The molecule has 0 aliphatic carbocycles. The molecule has 3 N–H and O–H groups in total. The fraction of sp³-hybridized carbons (Fsp3) is 1.00. The highest BCUT2D eigenvalue weighted by molar-refractivity contribution is 4.76. The van der Waals surface area contributed by atoms with E-state index in [2.05, 4.69) is 33.1 Å². The molecule has 98 valence electrons. The van der Waals surface area contributed by atoms with Gasteiger partial charge in [0.2, 0.25) is 0 Å². The maximum Gasteiger partial charge on any atom is 0.0241 e. The second kappa shape index (κ2) is 10.1. The topological polar surface area (TPSA) is 38.0 Å². The molecule has 2 atom stereocenters. The zero-order chi connectivity index (χ0) is 12.4. The lowest BCUT2D eigenvalue weighted by Crippen LogP contribution is -2.42. The summed E-state index contributed by atoms with van der Waals surface area (Å²) in [5.74, 6) is 7.31. The summed E-state index contributed by atoms with van der Waals surface area (Å²) < 4.78 is 0. The Morgan fingerprint density at radius 2 is 1.62 bits per heavy atom. The highest BCUT2D eigenvalue weighted by atomic mass is 15.2. The van der Waals surface area contributed by atoms with Crippen molar-refractivity contribution in [3.8, 4) is 0 Å². The van der Waals surface area contributed by atoms with Crippen molar-refractivity contribution < 1.29 is 0 Å². The second-order valence-electron chi connectivity index (χ2n) is 5.00. The Morgan fingerprint density at radius 1 is 1.00 bits per heavy atom. The fourth-order valence-electron chi connectivity index (χ4n) is 2.53. The van der Waals surface area contributed by atoms with E-state index in [0.717, 1.165) is 11.8 Å². The summed E-state index contributed by atoms with van der Waals surface area (Å²) in [6.45, 7) is 9.12. The van der Waals surface area contributed by atoms with Crippen molar-refractivity contribution in [3.05, 3.63) is 0 Å². The molecule has 0 spiro atoms. The van der Waals surface area contributed by atoms with Crippen LogP contribution < -0.4 is 11.3 Å². The van der Waals surface area contributed by atoms with Gasteiger partial charge >= 0.3 is 0 Å². The van der Waals surface area contributed by atoms with Crippen molar-refractivity contribution in [2.75, 3.05) is 0 Å². The van der Waals surface area contributed by atoms with Gasteiger partial charge in [-0.05, 0) is 24.7 Å². The highest BCUT2D eigenvalue weighted by Gasteiger charge is 2.20. The van der Waals surface area contributed by atoms with Crippen LogP contribution >= 0.6 is 0 Å². The Kier molecular flexibility index (Phi) is 10.0. The summed E-state index contributed by atoms with van der Waals surface area (Å²) in [5, 5.41) is 0. The van der Waals surface area contributed by atoms with Gasteiger partial charge in [-0.25, -0.2) is 0 Å². The molecule has 0 rings (SSSR count). The van der Waals surface area contributed by atoms with Crippen LogP contribution in [0.25, 0.3) is 0 Å². The van der Waals surface area contributed by atoms with E-state index < -0.39 is 0 Å². The van der Waals surface area contributed by atoms with E-state index in [4.69, 9.17) is 5.84 Å². The lowest BCUT2D eigenvalue weighted by Gasteiger charge is -2.28. The lowest BCUT2D eigenvalue weighted by molar-refractivity contribution is 0.262. The zero-order valence-electron chi connectivity index (χ0n) is 11.8. The van der Waals surface area contributed by atoms with Gasteiger partial charge in [-0.3, -0.25) is 11.3 Å². The van der Waals surface area contributed by atoms with Gasteiger partial charge in [0.25, 0.3) is 0 Å². The van der Waals surface area contributed by atoms with E-state index in [9.17, 15) is 0 Å². The largest absolute Gasteiger partial charge is 0.271 e. The molecule has 16 heavy (non-hydrogen) atoms. The number of nitrogens with one attached hydrogen (secondary N) is 1. The fourth-order valence-corrected chi connectivity index (χ4v) is 2.53. The SMILES string of the molecule is CCCCC(CC)C(CC(CC)CC)NN. The summed E-state index contributed by atoms with van der Waals surface area (Å²) in [7, 11) is 0. The normalized spacial score (nSPS) is 15.4. The first-order valence-corrected chi connectivity index (χ1v) is 7.19. The van der Waals surface area contributed by atoms with Gasteiger partial charge in [-0.15, -0.1) is 0 Å². The summed E-state index contributed by atoms with van der Waals surface area (Å²) in [4.78, 5) is 0. The van der Waals surface area contributed by atoms with E-state index in [1.54, 1.807) is 0 Å². The first-order valence-electron chi connectivity index (χ1n) is 7.19. The zero-order valence-corrected chi connectivity index (χ0v) is 11.8. The Morgan fingerprint density at radius 3 is 2.00 bits per heavy atom. The second-order valence-corrected chi connectivity index (χ2v) is 5.00. The van der Waals surface area contributed by atoms with Gasteiger partial charge in [0.1, 0.15) is 0 Å². The van der Waals surface area contributed by atoms with E-state index in [-0.39, 0.29) is 0 Å². The smallest absolute Gasteiger partial charge is 0.0241 e. The van der Waals surface area contributed by atoms with Crippen molar-refractivity contribution in [2.45, 2.75) is 78.7 Å². The third kappa shape index (κ3) is 5.86. The molecule has 2 heteroatoms. The van der Waals surface area contributed by atoms with Crippen molar-refractivity contribution in [1.82, 2.24) is 5.43 Å². The molecule has 0 aliphatic rings. The molecule has 0 saturated carbocycles. The molecule has 0 aromatic heterocycles. The van der Waals surface area contributed by atoms with E-state index in [1.165, 1.54) is 44.9 Å². The van der Waals surface area contributed by atoms with Crippen LogP contribution in [0.2, 0.25) is 0 Å². The van der Waals surface area contributed by atoms with Crippen molar-refractivity contribution in [1.29, 1.82) is 0 Å². The van der Waals surface area contributed by atoms with Gasteiger partial charge < -0.3 is 0 Å². The molecule has 0 radical (unpaired) electrons. The third-order valence-corrected chi connectivity index (χ3v) is 3.98. The predicted octanol–water partition coefficient (Wildman–Crippen LogP) is 3.86. The molecule has 0 aliphatic heterocycles. The van der Waals surface area contributed by atoms with Gasteiger partial charge in [-0.2, -0.15) is 0 Å². The average Bonchev–Trinajstić information content (AvgIpc) is 2.33. The van der Waals surface area contributed by atoms with E-state index in [0.29, 0.717) is 6.04 Å². The molecule has 0 amide bonds. The van der Waals surface area contributed by atoms with E-state index >= 15 is 0 Å². The molecule has 2 nitrogen and oxygen atoms in total. The predicted molar refractivity (Wildman–Crippen MR) is 73.1 cm³/mol. The monoisotopic (exact) mass is 228 g/mol. The van der Waals surface area contributed by atoms with Crippen LogP contribution in [0.3, 0.4) is 0 Å². The van der Waals surface area contributed by atoms with Gasteiger partial charge in [0.15, 0.2) is 0 Å². The average molecular weight is 228 g/mol. The number of hydrogen-bond donors (Lipinski definition) is 2. The molecular weight excluding hydrogens is 196 g/mol. The third-order valence-electron chi connectivity index (χ3n) is 3.98. The molecular formula is C14H32N2. The maximum absolute atomic E-state index is 5.73. The molecule has 2 unspecified atom stereocenters. The number of rotatable bonds is 10. The summed E-state index contributed by atoms with van der Waals surface area (Å²) in [5.41, 5.74) is 3.06. The number of hydrogen-bond acceptors (Lipinski definition) is 2. The minimum absolute atomic E-state index is 0.515. The minimum Gasteiger partial charge on any atom is -0.271 e. The van der Waals surface area contributed by atoms with Crippen LogP contribution in [0.15, 0.2) is 0 Å². The molecule has 0 aromatic carbocycles. The van der Waals surface area contributed by atoms with Crippen LogP contribution in [0.4, 0.5) is 0 Å². The van der Waals surface area contributed by atoms with Gasteiger partial charge in [0, 0.05) is 6.04 Å². The standard InChI is InChI=1S/C14H32N2/c1-5-9-10-13(8-4)14(16-15)11-12(6-2)7-3/h12-14,16H,5-11,15H2,1-4H3. The molecule has 0 bridgehead atoms. The Labute approximate surface area is 102 Å². The summed E-state index contributed by atoms with van der Waals surface area (Å²) in [6, 6.07) is 0.515.